The van der Waals surface area contributed by atoms with Crippen molar-refractivity contribution in [2.24, 2.45) is 5.41 Å². The summed E-state index contributed by atoms with van der Waals surface area (Å²) >= 11 is 0. The molecule has 3 rings (SSSR count). The van der Waals surface area contributed by atoms with Crippen molar-refractivity contribution >= 4 is 28.9 Å². The number of ketones is 1. The van der Waals surface area contributed by atoms with E-state index in [-0.39, 0.29) is 17.2 Å². The maximum atomic E-state index is 13.0. The van der Waals surface area contributed by atoms with Crippen LogP contribution in [0.4, 0.5) is 4.79 Å². The fraction of sp³-hybridized carbons (Fsp3) is 0.565. The van der Waals surface area contributed by atoms with Crippen molar-refractivity contribution in [1.29, 1.82) is 0 Å². The van der Waals surface area contributed by atoms with E-state index in [1.54, 1.807) is 36.1 Å². The van der Waals surface area contributed by atoms with Crippen molar-refractivity contribution in [2.75, 3.05) is 26.3 Å². The number of nitrogens with zero attached hydrogens (tertiary/aromatic N) is 2. The van der Waals surface area contributed by atoms with Crippen molar-refractivity contribution in [1.82, 2.24) is 15.2 Å². The number of alkyl carbamates (subject to hydrolysis) is 1. The summed E-state index contributed by atoms with van der Waals surface area (Å²) in [6, 6.07) is 6.16. The number of oxazole rings is 1. The molecule has 0 spiro atoms. The molecular formula is C23H31N3O6. The minimum absolute atomic E-state index is 0.0750. The number of amides is 2. The minimum Gasteiger partial charge on any atom is -0.436 e. The molecular weight excluding hydrogens is 414 g/mol. The Kier molecular flexibility index (Phi) is 7.50. The zero-order valence-electron chi connectivity index (χ0n) is 19.1. The van der Waals surface area contributed by atoms with Gasteiger partial charge in [0.2, 0.25) is 5.78 Å². The van der Waals surface area contributed by atoms with Gasteiger partial charge in [-0.15, -0.1) is 0 Å². The first-order valence-corrected chi connectivity index (χ1v) is 10.9. The summed E-state index contributed by atoms with van der Waals surface area (Å²) in [4.78, 5) is 44.4. The van der Waals surface area contributed by atoms with Crippen LogP contribution in [-0.4, -0.2) is 66.1 Å². The van der Waals surface area contributed by atoms with Gasteiger partial charge in [0.25, 0.3) is 11.8 Å². The lowest BCUT2D eigenvalue weighted by Gasteiger charge is -2.32. The highest BCUT2D eigenvalue weighted by Gasteiger charge is 2.34. The molecule has 2 atom stereocenters. The number of aromatic nitrogens is 1. The Morgan fingerprint density at radius 2 is 1.88 bits per heavy atom. The van der Waals surface area contributed by atoms with Crippen molar-refractivity contribution in [3.05, 3.63) is 30.2 Å². The van der Waals surface area contributed by atoms with Gasteiger partial charge < -0.3 is 24.1 Å². The third-order valence-corrected chi connectivity index (χ3v) is 5.17. The van der Waals surface area contributed by atoms with Gasteiger partial charge in [-0.25, -0.2) is 9.78 Å². The fourth-order valence-electron chi connectivity index (χ4n) is 3.51. The summed E-state index contributed by atoms with van der Waals surface area (Å²) in [5.74, 6) is -0.779. The summed E-state index contributed by atoms with van der Waals surface area (Å²) in [5.41, 5.74) is 0.815. The van der Waals surface area contributed by atoms with Crippen LogP contribution < -0.4 is 5.32 Å². The van der Waals surface area contributed by atoms with Gasteiger partial charge in [0.1, 0.15) is 11.6 Å². The molecule has 2 heterocycles. The summed E-state index contributed by atoms with van der Waals surface area (Å²) in [7, 11) is 0. The van der Waals surface area contributed by atoms with E-state index in [9.17, 15) is 14.4 Å². The first-order valence-electron chi connectivity index (χ1n) is 10.9. The summed E-state index contributed by atoms with van der Waals surface area (Å²) in [6.07, 6.45) is -1.11. The SMILES string of the molecule is CC[C@H](NC(=O)O[C@@H](CC(C)(C)C)C(=O)N1CCOCC1)C(=O)c1nc2ccccc2o1. The average molecular weight is 446 g/mol. The predicted molar refractivity (Wildman–Crippen MR) is 117 cm³/mol. The van der Waals surface area contributed by atoms with E-state index in [2.05, 4.69) is 10.3 Å². The molecule has 1 aromatic heterocycles. The molecule has 2 amide bonds. The molecule has 1 saturated heterocycles. The number of carbonyl (C=O) groups excluding carboxylic acids is 3. The first-order chi connectivity index (χ1) is 15.2. The van der Waals surface area contributed by atoms with E-state index in [1.165, 1.54) is 0 Å². The lowest BCUT2D eigenvalue weighted by molar-refractivity contribution is -0.146. The zero-order chi connectivity index (χ0) is 23.3. The molecule has 1 N–H and O–H groups in total. The van der Waals surface area contributed by atoms with Gasteiger partial charge in [0.15, 0.2) is 11.7 Å². The van der Waals surface area contributed by atoms with Crippen molar-refractivity contribution in [3.63, 3.8) is 0 Å². The second-order valence-electron chi connectivity index (χ2n) is 9.05. The van der Waals surface area contributed by atoms with Gasteiger partial charge >= 0.3 is 6.09 Å². The van der Waals surface area contributed by atoms with Gasteiger partial charge in [-0.1, -0.05) is 39.8 Å². The summed E-state index contributed by atoms with van der Waals surface area (Å²) in [5, 5.41) is 2.58. The molecule has 9 heteroatoms. The molecule has 0 aliphatic carbocycles. The molecule has 9 nitrogen and oxygen atoms in total. The van der Waals surface area contributed by atoms with Gasteiger partial charge in [-0.2, -0.15) is 0 Å². The number of hydrogen-bond donors (Lipinski definition) is 1. The smallest absolute Gasteiger partial charge is 0.408 e. The number of rotatable bonds is 7. The molecule has 1 aliphatic heterocycles. The number of benzene rings is 1. The lowest BCUT2D eigenvalue weighted by Crippen LogP contribution is -2.50. The van der Waals surface area contributed by atoms with Gasteiger partial charge in [0, 0.05) is 13.1 Å². The van der Waals surface area contributed by atoms with E-state index in [1.807, 2.05) is 20.8 Å². The second-order valence-corrected chi connectivity index (χ2v) is 9.05. The summed E-state index contributed by atoms with van der Waals surface area (Å²) in [6.45, 7) is 9.50. The monoisotopic (exact) mass is 445 g/mol. The molecule has 1 fully saturated rings. The molecule has 174 valence electrons. The fourth-order valence-corrected chi connectivity index (χ4v) is 3.51. The molecule has 0 radical (unpaired) electrons. The molecule has 1 aliphatic rings. The van der Waals surface area contributed by atoms with Crippen LogP contribution in [0.5, 0.6) is 0 Å². The second kappa shape index (κ2) is 10.1. The summed E-state index contributed by atoms with van der Waals surface area (Å²) < 4.78 is 16.4. The third kappa shape index (κ3) is 6.06. The highest BCUT2D eigenvalue weighted by molar-refractivity contribution is 5.99. The minimum atomic E-state index is -0.954. The molecule has 0 bridgehead atoms. The van der Waals surface area contributed by atoms with Crippen LogP contribution in [0.25, 0.3) is 11.1 Å². The molecule has 32 heavy (non-hydrogen) atoms. The van der Waals surface area contributed by atoms with Gasteiger partial charge in [-0.3, -0.25) is 9.59 Å². The maximum absolute atomic E-state index is 13.0. The van der Waals surface area contributed by atoms with E-state index in [4.69, 9.17) is 13.9 Å². The Bertz CT molecular complexity index is 925. The van der Waals surface area contributed by atoms with Crippen LogP contribution in [0.3, 0.4) is 0 Å². The van der Waals surface area contributed by atoms with Crippen LogP contribution >= 0.6 is 0 Å². The number of hydrogen-bond acceptors (Lipinski definition) is 7. The maximum Gasteiger partial charge on any atom is 0.408 e. The van der Waals surface area contributed by atoms with E-state index >= 15 is 0 Å². The number of nitrogens with one attached hydrogen (secondary N) is 1. The van der Waals surface area contributed by atoms with Gasteiger partial charge in [-0.05, 0) is 30.4 Å². The number of ether oxygens (including phenoxy) is 2. The number of para-hydroxylation sites is 2. The highest BCUT2D eigenvalue weighted by Crippen LogP contribution is 2.24. The Labute approximate surface area is 187 Å². The average Bonchev–Trinajstić information content (AvgIpc) is 3.20. The predicted octanol–water partition coefficient (Wildman–Crippen LogP) is 3.18. The van der Waals surface area contributed by atoms with Crippen LogP contribution in [0.15, 0.2) is 28.7 Å². The Morgan fingerprint density at radius 3 is 2.50 bits per heavy atom. The van der Waals surface area contributed by atoms with E-state index in [0.29, 0.717) is 50.2 Å². The third-order valence-electron chi connectivity index (χ3n) is 5.17. The van der Waals surface area contributed by atoms with Crippen LogP contribution in [0.1, 0.15) is 51.2 Å². The topological polar surface area (TPSA) is 111 Å². The van der Waals surface area contributed by atoms with E-state index in [0.717, 1.165) is 0 Å². The zero-order valence-corrected chi connectivity index (χ0v) is 19.1. The largest absolute Gasteiger partial charge is 0.436 e. The quantitative estimate of drug-likeness (QED) is 0.652. The lowest BCUT2D eigenvalue weighted by atomic mass is 9.88. The van der Waals surface area contributed by atoms with Crippen molar-refractivity contribution in [3.8, 4) is 0 Å². The number of carbonyl (C=O) groups is 3. The highest BCUT2D eigenvalue weighted by atomic mass is 16.6. The van der Waals surface area contributed by atoms with Crippen LogP contribution in [-0.2, 0) is 14.3 Å². The Morgan fingerprint density at radius 1 is 1.19 bits per heavy atom. The van der Waals surface area contributed by atoms with Crippen LogP contribution in [0.2, 0.25) is 0 Å². The first kappa shape index (κ1) is 23.7. The van der Waals surface area contributed by atoms with Crippen molar-refractivity contribution in [2.45, 2.75) is 52.7 Å². The molecule has 2 aromatic rings. The molecule has 0 saturated carbocycles. The number of morpholine rings is 1. The standard InChI is InChI=1S/C23H31N3O6/c1-5-15(19(27)20-24-16-8-6-7-9-17(16)31-20)25-22(29)32-18(14-23(2,3)4)21(28)26-10-12-30-13-11-26/h6-9,15,18H,5,10-14H2,1-4H3,(H,25,29)/t15-,18-/m0/s1. The Hall–Kier alpha value is -2.94. The number of Topliss-reactive ketones (excluding diaryl/α,β-unsaturated/α-hetero) is 1. The molecule has 1 aromatic carbocycles. The van der Waals surface area contributed by atoms with Gasteiger partial charge in [0.05, 0.1) is 13.2 Å². The Balaban J connectivity index is 1.68. The van der Waals surface area contributed by atoms with Crippen LogP contribution in [0, 0.1) is 5.41 Å². The number of fused-ring (bicyclic) bond motifs is 1. The normalized spacial score (nSPS) is 16.4. The van der Waals surface area contributed by atoms with E-state index < -0.39 is 24.0 Å². The van der Waals surface area contributed by atoms with Crippen molar-refractivity contribution < 1.29 is 28.3 Å². The molecule has 0 unspecified atom stereocenters.